The molecule has 0 fully saturated rings. The maximum Gasteiger partial charge on any atom is 0.379 e. The first-order valence-electron chi connectivity index (χ1n) is 40.9. The van der Waals surface area contributed by atoms with Crippen LogP contribution in [-0.4, -0.2) is 177 Å². The van der Waals surface area contributed by atoms with Crippen LogP contribution in [0.1, 0.15) is 196 Å². The number of carbonyl (C=O) groups is 8. The van der Waals surface area contributed by atoms with E-state index in [9.17, 15) is 38.4 Å². The van der Waals surface area contributed by atoms with Gasteiger partial charge in [0.2, 0.25) is 0 Å². The molecule has 2 unspecified atom stereocenters. The van der Waals surface area contributed by atoms with E-state index in [2.05, 4.69) is 96.4 Å². The number of ether oxygens (including phenoxy) is 4. The zero-order chi connectivity index (χ0) is 83.6. The van der Waals surface area contributed by atoms with Gasteiger partial charge in [-0.2, -0.15) is 0 Å². The summed E-state index contributed by atoms with van der Waals surface area (Å²) in [6, 6.07) is 39.5. The molecule has 630 valence electrons. The van der Waals surface area contributed by atoms with E-state index in [1.165, 1.54) is 7.11 Å². The van der Waals surface area contributed by atoms with Gasteiger partial charge in [0.05, 0.1) is 26.9 Å². The maximum atomic E-state index is 12.4. The zero-order valence-electron chi connectivity index (χ0n) is 70.7. The van der Waals surface area contributed by atoms with Gasteiger partial charge in [0.15, 0.2) is 33.3 Å². The van der Waals surface area contributed by atoms with Crippen molar-refractivity contribution in [2.75, 3.05) is 46.8 Å². The number of methoxy groups -OCH3 is 1. The van der Waals surface area contributed by atoms with Crippen molar-refractivity contribution < 1.29 is 97.3 Å². The third kappa shape index (κ3) is 47.7. The summed E-state index contributed by atoms with van der Waals surface area (Å²) in [5.41, 5.74) is 1.32. The van der Waals surface area contributed by atoms with E-state index in [1.807, 2.05) is 0 Å². The lowest BCUT2D eigenvalue weighted by Crippen LogP contribution is -2.57. The third-order valence-electron chi connectivity index (χ3n) is 18.5. The van der Waals surface area contributed by atoms with Gasteiger partial charge in [-0.15, -0.1) is 0 Å². The average Bonchev–Trinajstić information content (AvgIpc) is 0.815. The second-order valence-electron chi connectivity index (χ2n) is 32.6. The first-order chi connectivity index (χ1) is 52.9. The number of aliphatic hydroxyl groups excluding tert-OH is 3. The molecule has 3 N–H and O–H groups in total. The first-order valence-corrected chi connectivity index (χ1v) is 64.0. The largest absolute Gasteiger partial charge is 0.463 e. The van der Waals surface area contributed by atoms with E-state index in [4.69, 9.17) is 54.2 Å². The highest BCUT2D eigenvalue weighted by Crippen LogP contribution is 2.34. The van der Waals surface area contributed by atoms with Crippen LogP contribution in [-0.2, 0) is 62.8 Å². The van der Waals surface area contributed by atoms with Crippen LogP contribution in [0.25, 0.3) is 0 Å². The van der Waals surface area contributed by atoms with Gasteiger partial charge in [0.25, 0.3) is 23.1 Å². The molecule has 0 saturated carbocycles. The van der Waals surface area contributed by atoms with Crippen LogP contribution < -0.4 is 0 Å². The molecule has 0 heterocycles. The van der Waals surface area contributed by atoms with E-state index in [1.54, 1.807) is 121 Å². The summed E-state index contributed by atoms with van der Waals surface area (Å²) in [6.45, 7) is 32.8. The Morgan fingerprint density at radius 1 is 0.250 bits per heavy atom. The second-order valence-corrected chi connectivity index (χ2v) is 64.7. The predicted molar refractivity (Wildman–Crippen MR) is 464 cm³/mol. The van der Waals surface area contributed by atoms with Crippen molar-refractivity contribution in [3.05, 3.63) is 144 Å². The number of unbranched alkanes of at least 4 members (excludes halogenated alkanes) is 18. The molecule has 2 atom stereocenters. The van der Waals surface area contributed by atoms with Crippen LogP contribution in [0.5, 0.6) is 0 Å². The first kappa shape index (κ1) is 103. The van der Waals surface area contributed by atoms with Crippen LogP contribution >= 0.6 is 0 Å². The Hall–Kier alpha value is -5.18. The van der Waals surface area contributed by atoms with Crippen molar-refractivity contribution in [1.82, 2.24) is 0 Å². The summed E-state index contributed by atoms with van der Waals surface area (Å²) < 4.78 is 62.1. The molecule has 4 aromatic carbocycles. The van der Waals surface area contributed by atoms with Gasteiger partial charge >= 0.3 is 58.1 Å². The van der Waals surface area contributed by atoms with E-state index in [0.717, 1.165) is 171 Å². The lowest BCUT2D eigenvalue weighted by molar-refractivity contribution is -0.138. The summed E-state index contributed by atoms with van der Waals surface area (Å²) >= 11 is 0. The Morgan fingerprint density at radius 3 is 0.688 bits per heavy atom. The van der Waals surface area contributed by atoms with E-state index in [0.29, 0.717) is 41.5 Å². The Labute approximate surface area is 679 Å². The number of benzene rings is 4. The number of Topliss-reactive ketones (excluding diaryl/α,β-unsaturated/α-hetero) is 4. The summed E-state index contributed by atoms with van der Waals surface area (Å²) in [5, 5.41) is 27.1. The lowest BCUT2D eigenvalue weighted by Gasteiger charge is -2.43. The molecule has 0 radical (unpaired) electrons. The minimum atomic E-state index is -2.75. The smallest absolute Gasteiger partial charge is 0.379 e. The van der Waals surface area contributed by atoms with Gasteiger partial charge in [0, 0.05) is 42.1 Å². The summed E-state index contributed by atoms with van der Waals surface area (Å²) in [4.78, 5) is 95.5. The van der Waals surface area contributed by atoms with Crippen molar-refractivity contribution >= 4 is 115 Å². The molecule has 0 amide bonds. The maximum absolute atomic E-state index is 12.4. The molecule has 29 heteroatoms. The van der Waals surface area contributed by atoms with Gasteiger partial charge in [-0.25, -0.2) is 19.2 Å². The van der Waals surface area contributed by atoms with Crippen LogP contribution in [0.3, 0.4) is 0 Å². The Bertz CT molecular complexity index is 3320. The van der Waals surface area contributed by atoms with Gasteiger partial charge in [-0.3, -0.25) is 19.2 Å². The molecule has 0 aliphatic rings. The molecule has 21 nitrogen and oxygen atoms in total. The number of hydrogen-bond donors (Lipinski definition) is 3. The molecule has 0 aliphatic carbocycles. The summed E-state index contributed by atoms with van der Waals surface area (Å²) in [7, 11) is -17.0. The highest BCUT2D eigenvalue weighted by molar-refractivity contribution is 6.91. The minimum absolute atomic E-state index is 0.185. The van der Waals surface area contributed by atoms with Gasteiger partial charge < -0.3 is 59.0 Å². The predicted octanol–water partition coefficient (Wildman–Crippen LogP) is 19.1. The van der Waals surface area contributed by atoms with Crippen molar-refractivity contribution in [3.8, 4) is 0 Å². The quantitative estimate of drug-likeness (QED) is 0.00924. The highest BCUT2D eigenvalue weighted by Gasteiger charge is 2.47. The molecule has 0 spiro atoms. The standard InChI is InChI=1S/C49H72O12Si4.C25H60O6Si4.C9H8O3/c1-62(2,38-26-11-8-23-35-56-47(53)44(50)41-29-17-14-18-30-41)59-64(5,6)61-65(7,40-28-13-10-25-37-58-49(55)46(52)43-33-21-16-22-34-43)60-63(3,4)39-27-12-9-24-36-57-48(54)45(51)42-31-19-15-20-32-42;1-32(2,23-17-11-8-14-20-26)29-34(5,6)31-35(7,25-19-13-10-16-22-28)30-33(3,4)24-18-12-9-15-21-27;1-12-9(11)8(10)7-5-3-2-4-6-7/h14-22,29-34H,8-13,23-28,35-40H2,1-7H3;26-28H,8-25H2,1-7H3;2-6H,1H3. The van der Waals surface area contributed by atoms with E-state index in [-0.39, 0.29) is 39.6 Å². The molecule has 0 aromatic heterocycles. The van der Waals surface area contributed by atoms with E-state index < -0.39 is 115 Å². The number of aliphatic hydroxyl groups is 3. The fraction of sp³-hybridized carbons (Fsp3) is 0.614. The van der Waals surface area contributed by atoms with Crippen molar-refractivity contribution in [1.29, 1.82) is 0 Å². The Kier molecular flexibility index (Phi) is 50.9. The molecular formula is C83H140O21Si8. The average molecular weight is 1700 g/mol. The minimum Gasteiger partial charge on any atom is -0.463 e. The molecule has 0 saturated heterocycles. The van der Waals surface area contributed by atoms with Gasteiger partial charge in [-0.05, 0) is 166 Å². The number of ketones is 4. The van der Waals surface area contributed by atoms with Crippen molar-refractivity contribution in [2.24, 2.45) is 0 Å². The number of carbonyl (C=O) groups excluding carboxylic acids is 8. The normalized spacial score (nSPS) is 13.1. The summed E-state index contributed by atoms with van der Waals surface area (Å²) in [5.74, 6) is -5.82. The van der Waals surface area contributed by atoms with Crippen LogP contribution in [0.15, 0.2) is 121 Å². The Balaban J connectivity index is 0.000000748. The molecule has 0 aliphatic heterocycles. The SMILES string of the molecule is COC(=O)C(=O)c1ccccc1.C[Si](C)(CCCCCCO)O[Si](C)(C)O[Si](C)(CCCCCCO)O[Si](C)(C)CCCCCCO.C[Si](C)(CCCCCCOC(=O)C(=O)c1ccccc1)O[Si](C)(C)O[Si](C)(CCCCCCOC(=O)C(=O)c1ccccc1)O[Si](C)(C)CCCCCCOC(=O)C(=O)c1ccccc1. The number of rotatable bonds is 59. The van der Waals surface area contributed by atoms with Crippen LogP contribution in [0.4, 0.5) is 0 Å². The molecule has 112 heavy (non-hydrogen) atoms. The monoisotopic (exact) mass is 1700 g/mol. The third-order valence-corrected chi connectivity index (χ3v) is 50.9. The Morgan fingerprint density at radius 2 is 0.455 bits per heavy atom. The zero-order valence-corrected chi connectivity index (χ0v) is 78.7. The number of hydrogen-bond acceptors (Lipinski definition) is 21. The van der Waals surface area contributed by atoms with Crippen LogP contribution in [0, 0.1) is 0 Å². The fourth-order valence-electron chi connectivity index (χ4n) is 13.5. The second kappa shape index (κ2) is 55.4. The highest BCUT2D eigenvalue weighted by atomic mass is 28.5. The lowest BCUT2D eigenvalue weighted by atomic mass is 10.1. The summed E-state index contributed by atoms with van der Waals surface area (Å²) in [6.07, 6.45) is 23.0. The van der Waals surface area contributed by atoms with Crippen molar-refractivity contribution in [3.63, 3.8) is 0 Å². The van der Waals surface area contributed by atoms with Gasteiger partial charge in [0.1, 0.15) is 0 Å². The molecular weight excluding hydrogens is 1560 g/mol. The van der Waals surface area contributed by atoms with E-state index >= 15 is 0 Å². The fourth-order valence-corrected chi connectivity index (χ4v) is 53.4. The van der Waals surface area contributed by atoms with Crippen LogP contribution in [0.2, 0.25) is 128 Å². The topological polar surface area (TPSA) is 290 Å². The number of esters is 4. The molecule has 0 bridgehead atoms. The molecule has 4 aromatic rings. The van der Waals surface area contributed by atoms with Gasteiger partial charge in [-0.1, -0.05) is 237 Å². The van der Waals surface area contributed by atoms with Crippen molar-refractivity contribution in [2.45, 2.75) is 282 Å². The molecule has 4 rings (SSSR count).